The second kappa shape index (κ2) is 10.4. The van der Waals surface area contributed by atoms with Crippen LogP contribution in [0, 0.1) is 0 Å². The van der Waals surface area contributed by atoms with Gasteiger partial charge in [-0.3, -0.25) is 0 Å². The van der Waals surface area contributed by atoms with Crippen molar-refractivity contribution in [1.82, 2.24) is 5.32 Å². The summed E-state index contributed by atoms with van der Waals surface area (Å²) in [5, 5.41) is 3.13. The lowest BCUT2D eigenvalue weighted by Gasteiger charge is -2.08. The number of nitrogens with one attached hydrogen (secondary N) is 1. The maximum absolute atomic E-state index is 5.48. The molecule has 0 aliphatic heterocycles. The Bertz CT molecular complexity index is 101. The van der Waals surface area contributed by atoms with E-state index in [1.54, 1.807) is 0 Å². The summed E-state index contributed by atoms with van der Waals surface area (Å²) in [5.74, 6) is 0. The average Bonchev–Trinajstić information content (AvgIpc) is 2.20. The summed E-state index contributed by atoms with van der Waals surface area (Å²) in [6, 6.07) is 0.451. The van der Waals surface area contributed by atoms with E-state index in [1.165, 1.54) is 38.5 Å². The van der Waals surface area contributed by atoms with Gasteiger partial charge in [0.05, 0.1) is 0 Å². The van der Waals surface area contributed by atoms with Crippen LogP contribution in [-0.4, -0.2) is 25.2 Å². The van der Waals surface area contributed by atoms with Gasteiger partial charge in [0, 0.05) is 25.2 Å². The van der Waals surface area contributed by atoms with Crippen molar-refractivity contribution in [2.45, 2.75) is 64.5 Å². The summed E-state index contributed by atoms with van der Waals surface area (Å²) in [5.41, 5.74) is 11.0. The van der Waals surface area contributed by atoms with E-state index in [1.807, 2.05) is 13.8 Å². The average molecular weight is 215 g/mol. The van der Waals surface area contributed by atoms with E-state index in [9.17, 15) is 0 Å². The van der Waals surface area contributed by atoms with Crippen molar-refractivity contribution in [3.63, 3.8) is 0 Å². The Morgan fingerprint density at radius 3 is 1.27 bits per heavy atom. The Hall–Kier alpha value is -0.120. The summed E-state index contributed by atoms with van der Waals surface area (Å²) >= 11 is 0. The van der Waals surface area contributed by atoms with Crippen molar-refractivity contribution >= 4 is 0 Å². The summed E-state index contributed by atoms with van der Waals surface area (Å²) in [6.45, 7) is 5.63. The molecule has 1 rings (SSSR count). The van der Waals surface area contributed by atoms with E-state index in [0.29, 0.717) is 0 Å². The SMILES string of the molecule is C1CCCCC1.CC(N)CNCC(C)N. The van der Waals surface area contributed by atoms with Gasteiger partial charge in [0.2, 0.25) is 0 Å². The van der Waals surface area contributed by atoms with Crippen LogP contribution in [0.1, 0.15) is 52.4 Å². The van der Waals surface area contributed by atoms with Crippen molar-refractivity contribution < 1.29 is 0 Å². The van der Waals surface area contributed by atoms with Gasteiger partial charge in [-0.2, -0.15) is 0 Å². The first-order chi connectivity index (χ1) is 7.13. The molecular weight excluding hydrogens is 186 g/mol. The van der Waals surface area contributed by atoms with Crippen LogP contribution in [0.15, 0.2) is 0 Å². The normalized spacial score (nSPS) is 20.0. The third kappa shape index (κ3) is 13.9. The highest BCUT2D eigenvalue weighted by atomic mass is 14.9. The summed E-state index contributed by atoms with van der Waals surface area (Å²) in [7, 11) is 0. The Morgan fingerprint density at radius 2 is 1.07 bits per heavy atom. The number of rotatable bonds is 4. The first kappa shape index (κ1) is 14.9. The molecule has 0 radical (unpaired) electrons. The molecule has 2 atom stereocenters. The van der Waals surface area contributed by atoms with Crippen LogP contribution in [0.2, 0.25) is 0 Å². The lowest BCUT2D eigenvalue weighted by Crippen LogP contribution is -2.37. The van der Waals surface area contributed by atoms with Crippen LogP contribution in [0.25, 0.3) is 0 Å². The highest BCUT2D eigenvalue weighted by Crippen LogP contribution is 2.15. The molecule has 1 saturated carbocycles. The van der Waals surface area contributed by atoms with E-state index in [2.05, 4.69) is 5.32 Å². The predicted molar refractivity (Wildman–Crippen MR) is 67.9 cm³/mol. The van der Waals surface area contributed by atoms with Gasteiger partial charge < -0.3 is 16.8 Å². The van der Waals surface area contributed by atoms with E-state index in [4.69, 9.17) is 11.5 Å². The molecule has 1 aliphatic rings. The molecule has 1 fully saturated rings. The van der Waals surface area contributed by atoms with Crippen molar-refractivity contribution in [3.05, 3.63) is 0 Å². The second-order valence-electron chi connectivity index (χ2n) is 4.73. The van der Waals surface area contributed by atoms with Crippen LogP contribution in [0.5, 0.6) is 0 Å². The molecule has 0 bridgehead atoms. The minimum absolute atomic E-state index is 0.226. The highest BCUT2D eigenvalue weighted by molar-refractivity contribution is 4.61. The molecule has 0 aromatic rings. The van der Waals surface area contributed by atoms with Crippen LogP contribution in [-0.2, 0) is 0 Å². The number of hydrogen-bond acceptors (Lipinski definition) is 3. The lowest BCUT2D eigenvalue weighted by atomic mass is 10.0. The van der Waals surface area contributed by atoms with Gasteiger partial charge in [-0.25, -0.2) is 0 Å². The Kier molecular flexibility index (Phi) is 10.3. The molecule has 0 amide bonds. The van der Waals surface area contributed by atoms with Crippen LogP contribution >= 0.6 is 0 Å². The molecular formula is C12H29N3. The van der Waals surface area contributed by atoms with Gasteiger partial charge in [-0.1, -0.05) is 38.5 Å². The summed E-state index contributed by atoms with van der Waals surface area (Å²) in [6.07, 6.45) is 9.00. The fourth-order valence-corrected chi connectivity index (χ4v) is 1.60. The van der Waals surface area contributed by atoms with Crippen LogP contribution in [0.4, 0.5) is 0 Å². The van der Waals surface area contributed by atoms with Gasteiger partial charge in [0.25, 0.3) is 0 Å². The zero-order valence-corrected chi connectivity index (χ0v) is 10.5. The largest absolute Gasteiger partial charge is 0.327 e. The van der Waals surface area contributed by atoms with E-state index in [0.717, 1.165) is 13.1 Å². The monoisotopic (exact) mass is 215 g/mol. The molecule has 3 nitrogen and oxygen atoms in total. The first-order valence-electron chi connectivity index (χ1n) is 6.34. The minimum Gasteiger partial charge on any atom is -0.327 e. The van der Waals surface area contributed by atoms with Gasteiger partial charge in [-0.15, -0.1) is 0 Å². The fourth-order valence-electron chi connectivity index (χ4n) is 1.60. The number of nitrogens with two attached hydrogens (primary N) is 2. The summed E-state index contributed by atoms with van der Waals surface area (Å²) in [4.78, 5) is 0. The second-order valence-corrected chi connectivity index (χ2v) is 4.73. The standard InChI is InChI=1S/C6H17N3.C6H12/c1-5(7)3-9-4-6(2)8;1-2-4-6-5-3-1/h5-6,9H,3-4,7-8H2,1-2H3;1-6H2. The topological polar surface area (TPSA) is 64.1 Å². The van der Waals surface area contributed by atoms with E-state index in [-0.39, 0.29) is 12.1 Å². The van der Waals surface area contributed by atoms with Crippen molar-refractivity contribution in [3.8, 4) is 0 Å². The first-order valence-corrected chi connectivity index (χ1v) is 6.34. The molecule has 0 spiro atoms. The molecule has 0 heterocycles. The van der Waals surface area contributed by atoms with Crippen LogP contribution in [0.3, 0.4) is 0 Å². The zero-order chi connectivity index (χ0) is 11.5. The maximum Gasteiger partial charge on any atom is 0.0136 e. The maximum atomic E-state index is 5.48. The molecule has 0 saturated heterocycles. The third-order valence-corrected chi connectivity index (χ3v) is 2.43. The molecule has 0 aromatic heterocycles. The van der Waals surface area contributed by atoms with E-state index < -0.39 is 0 Å². The molecule has 0 aromatic carbocycles. The molecule has 3 heteroatoms. The molecule has 1 aliphatic carbocycles. The predicted octanol–water partition coefficient (Wildman–Crippen LogP) is 1.61. The fraction of sp³-hybridized carbons (Fsp3) is 1.00. The van der Waals surface area contributed by atoms with Gasteiger partial charge >= 0.3 is 0 Å². The van der Waals surface area contributed by atoms with Gasteiger partial charge in [0.1, 0.15) is 0 Å². The van der Waals surface area contributed by atoms with Gasteiger partial charge in [0.15, 0.2) is 0 Å². The van der Waals surface area contributed by atoms with Crippen molar-refractivity contribution in [2.24, 2.45) is 11.5 Å². The Labute approximate surface area is 95.0 Å². The van der Waals surface area contributed by atoms with Gasteiger partial charge in [-0.05, 0) is 13.8 Å². The quantitative estimate of drug-likeness (QED) is 0.667. The highest BCUT2D eigenvalue weighted by Gasteiger charge is 1.95. The third-order valence-electron chi connectivity index (χ3n) is 2.43. The van der Waals surface area contributed by atoms with E-state index >= 15 is 0 Å². The summed E-state index contributed by atoms with van der Waals surface area (Å²) < 4.78 is 0. The zero-order valence-electron chi connectivity index (χ0n) is 10.5. The smallest absolute Gasteiger partial charge is 0.0136 e. The Morgan fingerprint density at radius 1 is 0.800 bits per heavy atom. The number of hydrogen-bond donors (Lipinski definition) is 3. The minimum atomic E-state index is 0.226. The molecule has 15 heavy (non-hydrogen) atoms. The Balaban J connectivity index is 0.000000280. The molecule has 2 unspecified atom stereocenters. The lowest BCUT2D eigenvalue weighted by molar-refractivity contribution is 0.504. The van der Waals surface area contributed by atoms with Crippen molar-refractivity contribution in [2.75, 3.05) is 13.1 Å². The van der Waals surface area contributed by atoms with Crippen molar-refractivity contribution in [1.29, 1.82) is 0 Å². The molecule has 92 valence electrons. The molecule has 5 N–H and O–H groups in total. The van der Waals surface area contributed by atoms with Crippen LogP contribution < -0.4 is 16.8 Å².